The molecule has 29 heavy (non-hydrogen) atoms. The Labute approximate surface area is 175 Å². The molecule has 0 aliphatic carbocycles. The van der Waals surface area contributed by atoms with Gasteiger partial charge in [0.25, 0.3) is 5.91 Å². The number of thiocarbonyl (C=S) groups is 1. The lowest BCUT2D eigenvalue weighted by atomic mass is 10.1. The van der Waals surface area contributed by atoms with Gasteiger partial charge in [0.2, 0.25) is 5.91 Å². The number of esters is 1. The van der Waals surface area contributed by atoms with Crippen molar-refractivity contribution < 1.29 is 23.9 Å². The summed E-state index contributed by atoms with van der Waals surface area (Å²) < 4.78 is 10.6. The van der Waals surface area contributed by atoms with Gasteiger partial charge in [0.1, 0.15) is 11.8 Å². The van der Waals surface area contributed by atoms with E-state index in [4.69, 9.17) is 21.7 Å². The number of ether oxygens (including phenoxy) is 2. The summed E-state index contributed by atoms with van der Waals surface area (Å²) in [6.07, 6.45) is 1.46. The molecule has 0 unspecified atom stereocenters. The standard InChI is InChI=1S/C20H27N3O5S/c1-3-11-27-15-7-5-14(6-8-15)18(25)22-20(29)23-10-9-21-19(26)16(23)13-17(24)28-12-4-2/h5-8,16H,3-4,9-13H2,1-2H3,(H,21,26)(H,22,25,29)/t16-/m0/s1. The highest BCUT2D eigenvalue weighted by Gasteiger charge is 2.34. The van der Waals surface area contributed by atoms with Gasteiger partial charge in [-0.05, 0) is 49.3 Å². The monoisotopic (exact) mass is 421 g/mol. The summed E-state index contributed by atoms with van der Waals surface area (Å²) >= 11 is 5.34. The molecule has 8 nitrogen and oxygen atoms in total. The number of carbonyl (C=O) groups excluding carboxylic acids is 3. The third kappa shape index (κ3) is 6.70. The highest BCUT2D eigenvalue weighted by Crippen LogP contribution is 2.14. The summed E-state index contributed by atoms with van der Waals surface area (Å²) in [6.45, 7) is 5.57. The predicted molar refractivity (Wildman–Crippen MR) is 112 cm³/mol. The number of nitrogens with one attached hydrogen (secondary N) is 2. The molecule has 1 saturated heterocycles. The van der Waals surface area contributed by atoms with Gasteiger partial charge in [0.05, 0.1) is 19.6 Å². The fourth-order valence-corrected chi connectivity index (χ4v) is 3.07. The molecular weight excluding hydrogens is 394 g/mol. The normalized spacial score (nSPS) is 16.0. The Morgan fingerprint density at radius 2 is 1.90 bits per heavy atom. The van der Waals surface area contributed by atoms with E-state index in [1.54, 1.807) is 29.2 Å². The van der Waals surface area contributed by atoms with E-state index in [0.29, 0.717) is 44.0 Å². The molecule has 1 atom stereocenters. The zero-order valence-corrected chi connectivity index (χ0v) is 17.5. The molecule has 2 rings (SSSR count). The Bertz CT molecular complexity index is 738. The van der Waals surface area contributed by atoms with Gasteiger partial charge >= 0.3 is 5.97 Å². The van der Waals surface area contributed by atoms with Crippen molar-refractivity contribution in [1.82, 2.24) is 15.5 Å². The molecule has 1 fully saturated rings. The zero-order valence-electron chi connectivity index (χ0n) is 16.7. The largest absolute Gasteiger partial charge is 0.494 e. The van der Waals surface area contributed by atoms with Crippen molar-refractivity contribution in [2.24, 2.45) is 0 Å². The lowest BCUT2D eigenvalue weighted by molar-refractivity contribution is -0.147. The van der Waals surface area contributed by atoms with E-state index in [-0.39, 0.29) is 17.4 Å². The first-order valence-electron chi connectivity index (χ1n) is 9.74. The van der Waals surface area contributed by atoms with Crippen LogP contribution in [-0.4, -0.2) is 60.1 Å². The fraction of sp³-hybridized carbons (Fsp3) is 0.500. The lowest BCUT2D eigenvalue weighted by Gasteiger charge is -2.36. The van der Waals surface area contributed by atoms with Crippen LogP contribution in [0.1, 0.15) is 43.5 Å². The second kappa shape index (κ2) is 11.4. The molecule has 0 bridgehead atoms. The van der Waals surface area contributed by atoms with Crippen LogP contribution in [-0.2, 0) is 14.3 Å². The van der Waals surface area contributed by atoms with E-state index < -0.39 is 17.9 Å². The van der Waals surface area contributed by atoms with Crippen molar-refractivity contribution in [2.75, 3.05) is 26.3 Å². The van der Waals surface area contributed by atoms with Crippen LogP contribution in [0.4, 0.5) is 0 Å². The first-order chi connectivity index (χ1) is 14.0. The van der Waals surface area contributed by atoms with Crippen LogP contribution in [0.25, 0.3) is 0 Å². The van der Waals surface area contributed by atoms with E-state index in [2.05, 4.69) is 10.6 Å². The van der Waals surface area contributed by atoms with Crippen LogP contribution in [0.5, 0.6) is 5.75 Å². The summed E-state index contributed by atoms with van der Waals surface area (Å²) in [5, 5.41) is 5.45. The maximum Gasteiger partial charge on any atom is 0.308 e. The molecule has 0 radical (unpaired) electrons. The number of carbonyl (C=O) groups is 3. The van der Waals surface area contributed by atoms with E-state index >= 15 is 0 Å². The molecular formula is C20H27N3O5S. The van der Waals surface area contributed by atoms with Crippen molar-refractivity contribution in [2.45, 2.75) is 39.2 Å². The number of benzene rings is 1. The summed E-state index contributed by atoms with van der Waals surface area (Å²) in [4.78, 5) is 38.3. The average Bonchev–Trinajstić information content (AvgIpc) is 2.72. The number of nitrogens with zero attached hydrogens (tertiary/aromatic N) is 1. The van der Waals surface area contributed by atoms with Crippen molar-refractivity contribution in [3.05, 3.63) is 29.8 Å². The Hall–Kier alpha value is -2.68. The Balaban J connectivity index is 1.99. The van der Waals surface area contributed by atoms with E-state index in [0.717, 1.165) is 6.42 Å². The zero-order chi connectivity index (χ0) is 21.2. The first kappa shape index (κ1) is 22.6. The van der Waals surface area contributed by atoms with Gasteiger partial charge in [-0.25, -0.2) is 0 Å². The lowest BCUT2D eigenvalue weighted by Crippen LogP contribution is -2.60. The molecule has 2 amide bonds. The van der Waals surface area contributed by atoms with Crippen LogP contribution in [0.15, 0.2) is 24.3 Å². The number of hydrogen-bond donors (Lipinski definition) is 2. The minimum absolute atomic E-state index is 0.101. The Morgan fingerprint density at radius 1 is 1.21 bits per heavy atom. The molecule has 1 aliphatic heterocycles. The summed E-state index contributed by atoms with van der Waals surface area (Å²) in [7, 11) is 0. The SMILES string of the molecule is CCCOC(=O)C[C@H]1C(=O)NCCN1C(=S)NC(=O)c1ccc(OCCC)cc1. The number of piperazine rings is 1. The molecule has 9 heteroatoms. The summed E-state index contributed by atoms with van der Waals surface area (Å²) in [6, 6.07) is 5.91. The first-order valence-corrected chi connectivity index (χ1v) is 10.1. The van der Waals surface area contributed by atoms with E-state index in [9.17, 15) is 14.4 Å². The minimum atomic E-state index is -0.814. The fourth-order valence-electron chi connectivity index (χ4n) is 2.76. The smallest absolute Gasteiger partial charge is 0.308 e. The number of amides is 2. The van der Waals surface area contributed by atoms with Gasteiger partial charge < -0.3 is 19.7 Å². The maximum atomic E-state index is 12.5. The Morgan fingerprint density at radius 3 is 2.55 bits per heavy atom. The van der Waals surface area contributed by atoms with Gasteiger partial charge in [-0.15, -0.1) is 0 Å². The van der Waals surface area contributed by atoms with Crippen molar-refractivity contribution in [1.29, 1.82) is 0 Å². The van der Waals surface area contributed by atoms with Crippen molar-refractivity contribution in [3.8, 4) is 5.75 Å². The van der Waals surface area contributed by atoms with Gasteiger partial charge in [-0.1, -0.05) is 13.8 Å². The molecule has 2 N–H and O–H groups in total. The van der Waals surface area contributed by atoms with Crippen LogP contribution in [0.3, 0.4) is 0 Å². The number of hydrogen-bond acceptors (Lipinski definition) is 6. The van der Waals surface area contributed by atoms with Gasteiger partial charge in [0, 0.05) is 18.7 Å². The third-order valence-corrected chi connectivity index (χ3v) is 4.57. The molecule has 158 valence electrons. The quantitative estimate of drug-likeness (QED) is 0.486. The van der Waals surface area contributed by atoms with Gasteiger partial charge in [-0.3, -0.25) is 19.7 Å². The maximum absolute atomic E-state index is 12.5. The summed E-state index contributed by atoms with van der Waals surface area (Å²) in [5.74, 6) is -0.505. The molecule has 0 spiro atoms. The molecule has 1 aromatic carbocycles. The molecule has 1 aliphatic rings. The van der Waals surface area contributed by atoms with Crippen molar-refractivity contribution >= 4 is 35.1 Å². The number of rotatable bonds is 8. The topological polar surface area (TPSA) is 97.0 Å². The summed E-state index contributed by atoms with van der Waals surface area (Å²) in [5.41, 5.74) is 0.413. The van der Waals surface area contributed by atoms with Crippen molar-refractivity contribution in [3.63, 3.8) is 0 Å². The molecule has 1 heterocycles. The van der Waals surface area contributed by atoms with Crippen LogP contribution in [0, 0.1) is 0 Å². The molecule has 0 saturated carbocycles. The van der Waals surface area contributed by atoms with Crippen LogP contribution in [0.2, 0.25) is 0 Å². The highest BCUT2D eigenvalue weighted by atomic mass is 32.1. The highest BCUT2D eigenvalue weighted by molar-refractivity contribution is 7.80. The predicted octanol–water partition coefficient (Wildman–Crippen LogP) is 1.63. The Kier molecular flexibility index (Phi) is 8.85. The van der Waals surface area contributed by atoms with Crippen LogP contribution < -0.4 is 15.4 Å². The van der Waals surface area contributed by atoms with Gasteiger partial charge in [0.15, 0.2) is 5.11 Å². The van der Waals surface area contributed by atoms with Crippen LogP contribution >= 0.6 is 12.2 Å². The third-order valence-electron chi connectivity index (χ3n) is 4.23. The van der Waals surface area contributed by atoms with E-state index in [1.807, 2.05) is 13.8 Å². The average molecular weight is 422 g/mol. The van der Waals surface area contributed by atoms with E-state index in [1.165, 1.54) is 0 Å². The molecule has 1 aromatic rings. The van der Waals surface area contributed by atoms with Gasteiger partial charge in [-0.2, -0.15) is 0 Å². The molecule has 0 aromatic heterocycles. The second-order valence-electron chi connectivity index (χ2n) is 6.56. The second-order valence-corrected chi connectivity index (χ2v) is 6.94. The minimum Gasteiger partial charge on any atom is -0.494 e.